The number of morpholine rings is 1. The van der Waals surface area contributed by atoms with E-state index in [0.717, 1.165) is 24.5 Å². The number of ether oxygens (including phenoxy) is 1. The molecule has 144 valence electrons. The van der Waals surface area contributed by atoms with Gasteiger partial charge in [0.25, 0.3) is 10.2 Å². The van der Waals surface area contributed by atoms with E-state index >= 15 is 0 Å². The van der Waals surface area contributed by atoms with Crippen LogP contribution in [-0.4, -0.2) is 73.4 Å². The third-order valence-electron chi connectivity index (χ3n) is 4.51. The number of likely N-dealkylation sites (N-methyl/N-ethyl adjacent to an activating group) is 1. The summed E-state index contributed by atoms with van der Waals surface area (Å²) in [5, 5.41) is 1.99. The Morgan fingerprint density at radius 3 is 2.36 bits per heavy atom. The molecule has 1 aromatic rings. The standard InChI is InChI=1S/C17H31N3O3S2/c1-5-18(6-2)9-10-19(14-17-8-7-11-24-17)25(21,22)20-12-15(3)23-16(4)13-20/h7-8,11,15-16H,5-6,9-10,12-14H2,1-4H3. The molecule has 6 nitrogen and oxygen atoms in total. The van der Waals surface area contributed by atoms with Crippen molar-refractivity contribution in [1.29, 1.82) is 0 Å². The lowest BCUT2D eigenvalue weighted by molar-refractivity contribution is -0.0455. The smallest absolute Gasteiger partial charge is 0.282 e. The van der Waals surface area contributed by atoms with E-state index in [1.54, 1.807) is 19.9 Å². The average Bonchev–Trinajstić information content (AvgIpc) is 3.06. The number of hydrogen-bond donors (Lipinski definition) is 0. The first-order chi connectivity index (χ1) is 11.9. The second kappa shape index (κ2) is 9.43. The van der Waals surface area contributed by atoms with Crippen LogP contribution in [-0.2, 0) is 21.5 Å². The number of rotatable bonds is 9. The molecule has 0 saturated carbocycles. The average molecular weight is 390 g/mol. The predicted molar refractivity (Wildman–Crippen MR) is 103 cm³/mol. The number of nitrogens with zero attached hydrogens (tertiary/aromatic N) is 3. The predicted octanol–water partition coefficient (Wildman–Crippen LogP) is 2.25. The number of hydrogen-bond acceptors (Lipinski definition) is 5. The third-order valence-corrected chi connectivity index (χ3v) is 7.29. The minimum atomic E-state index is -3.51. The molecule has 0 spiro atoms. The highest BCUT2D eigenvalue weighted by Crippen LogP contribution is 2.21. The summed E-state index contributed by atoms with van der Waals surface area (Å²) in [6.45, 7) is 12.4. The summed E-state index contributed by atoms with van der Waals surface area (Å²) in [6.07, 6.45) is -0.158. The molecule has 0 aromatic carbocycles. The highest BCUT2D eigenvalue weighted by Gasteiger charge is 2.35. The van der Waals surface area contributed by atoms with Gasteiger partial charge in [-0.1, -0.05) is 19.9 Å². The van der Waals surface area contributed by atoms with Crippen LogP contribution in [0.15, 0.2) is 17.5 Å². The van der Waals surface area contributed by atoms with E-state index in [1.807, 2.05) is 31.4 Å². The van der Waals surface area contributed by atoms with Crippen LogP contribution in [0.5, 0.6) is 0 Å². The zero-order valence-corrected chi connectivity index (χ0v) is 17.4. The maximum absolute atomic E-state index is 13.3. The van der Waals surface area contributed by atoms with Crippen LogP contribution in [0.4, 0.5) is 0 Å². The van der Waals surface area contributed by atoms with Crippen molar-refractivity contribution in [2.45, 2.75) is 46.4 Å². The van der Waals surface area contributed by atoms with E-state index in [9.17, 15) is 8.42 Å². The Bertz CT molecular complexity index is 593. The molecule has 1 fully saturated rings. The van der Waals surface area contributed by atoms with E-state index in [4.69, 9.17) is 4.74 Å². The molecule has 0 radical (unpaired) electrons. The van der Waals surface area contributed by atoms with Crippen molar-refractivity contribution in [2.24, 2.45) is 0 Å². The first-order valence-corrected chi connectivity index (χ1v) is 11.3. The highest BCUT2D eigenvalue weighted by molar-refractivity contribution is 7.86. The maximum Gasteiger partial charge on any atom is 0.282 e. The summed E-state index contributed by atoms with van der Waals surface area (Å²) in [6, 6.07) is 3.96. The molecule has 1 aliphatic rings. The Hall–Kier alpha value is -0.510. The van der Waals surface area contributed by atoms with Crippen molar-refractivity contribution >= 4 is 21.5 Å². The molecule has 0 aliphatic carbocycles. The van der Waals surface area contributed by atoms with Gasteiger partial charge < -0.3 is 9.64 Å². The van der Waals surface area contributed by atoms with Gasteiger partial charge in [-0.25, -0.2) is 0 Å². The van der Waals surface area contributed by atoms with Gasteiger partial charge in [-0.05, 0) is 38.4 Å². The van der Waals surface area contributed by atoms with Crippen LogP contribution < -0.4 is 0 Å². The molecule has 2 rings (SSSR count). The summed E-state index contributed by atoms with van der Waals surface area (Å²) in [4.78, 5) is 3.32. The van der Waals surface area contributed by atoms with Crippen molar-refractivity contribution in [3.05, 3.63) is 22.4 Å². The van der Waals surface area contributed by atoms with Gasteiger partial charge in [0.1, 0.15) is 0 Å². The summed E-state index contributed by atoms with van der Waals surface area (Å²) >= 11 is 1.60. The van der Waals surface area contributed by atoms with Crippen LogP contribution in [0.1, 0.15) is 32.6 Å². The lowest BCUT2D eigenvalue weighted by Crippen LogP contribution is -2.53. The topological polar surface area (TPSA) is 53.1 Å². The first kappa shape index (κ1) is 20.8. The lowest BCUT2D eigenvalue weighted by Gasteiger charge is -2.37. The zero-order valence-electron chi connectivity index (χ0n) is 15.7. The summed E-state index contributed by atoms with van der Waals surface area (Å²) in [5.74, 6) is 0. The Balaban J connectivity index is 2.16. The summed E-state index contributed by atoms with van der Waals surface area (Å²) < 4.78 is 35.5. The second-order valence-electron chi connectivity index (χ2n) is 6.52. The molecule has 1 saturated heterocycles. The summed E-state index contributed by atoms with van der Waals surface area (Å²) in [5.41, 5.74) is 0. The van der Waals surface area contributed by atoms with Gasteiger partial charge in [-0.2, -0.15) is 17.0 Å². The van der Waals surface area contributed by atoms with Crippen LogP contribution in [0.2, 0.25) is 0 Å². The van der Waals surface area contributed by atoms with Crippen molar-refractivity contribution in [3.63, 3.8) is 0 Å². The molecule has 1 aromatic heterocycles. The van der Waals surface area contributed by atoms with E-state index in [0.29, 0.717) is 26.2 Å². The van der Waals surface area contributed by atoms with Crippen LogP contribution in [0, 0.1) is 0 Å². The van der Waals surface area contributed by atoms with Gasteiger partial charge in [0.2, 0.25) is 0 Å². The third kappa shape index (κ3) is 5.74. The van der Waals surface area contributed by atoms with Crippen molar-refractivity contribution in [3.8, 4) is 0 Å². The Morgan fingerprint density at radius 1 is 1.20 bits per heavy atom. The van der Waals surface area contributed by atoms with Gasteiger partial charge in [-0.15, -0.1) is 11.3 Å². The Kier molecular flexibility index (Phi) is 7.85. The van der Waals surface area contributed by atoms with E-state index in [1.165, 1.54) is 0 Å². The van der Waals surface area contributed by atoms with Gasteiger partial charge in [-0.3, -0.25) is 0 Å². The molecule has 0 bridgehead atoms. The molecular weight excluding hydrogens is 358 g/mol. The SMILES string of the molecule is CCN(CC)CCN(Cc1cccs1)S(=O)(=O)N1CC(C)OC(C)C1. The van der Waals surface area contributed by atoms with Gasteiger partial charge >= 0.3 is 0 Å². The second-order valence-corrected chi connectivity index (χ2v) is 9.48. The van der Waals surface area contributed by atoms with Crippen LogP contribution in [0.3, 0.4) is 0 Å². The van der Waals surface area contributed by atoms with E-state index in [2.05, 4.69) is 18.7 Å². The molecule has 2 unspecified atom stereocenters. The van der Waals surface area contributed by atoms with Crippen molar-refractivity contribution in [2.75, 3.05) is 39.3 Å². The molecular formula is C17H31N3O3S2. The van der Waals surface area contributed by atoms with Gasteiger partial charge in [0.15, 0.2) is 0 Å². The molecule has 1 aliphatic heterocycles. The minimum absolute atomic E-state index is 0.0788. The maximum atomic E-state index is 13.3. The first-order valence-electron chi connectivity index (χ1n) is 9.02. The Morgan fingerprint density at radius 2 is 1.84 bits per heavy atom. The molecule has 0 N–H and O–H groups in total. The lowest BCUT2D eigenvalue weighted by atomic mass is 10.3. The highest BCUT2D eigenvalue weighted by atomic mass is 32.2. The van der Waals surface area contributed by atoms with E-state index in [-0.39, 0.29) is 12.2 Å². The summed E-state index contributed by atoms with van der Waals surface area (Å²) in [7, 11) is -3.51. The van der Waals surface area contributed by atoms with Crippen molar-refractivity contribution < 1.29 is 13.2 Å². The van der Waals surface area contributed by atoms with Gasteiger partial charge in [0.05, 0.1) is 12.2 Å². The Labute approximate surface area is 156 Å². The fourth-order valence-electron chi connectivity index (χ4n) is 3.13. The quantitative estimate of drug-likeness (QED) is 0.650. The van der Waals surface area contributed by atoms with Crippen LogP contribution >= 0.6 is 11.3 Å². The normalized spacial score (nSPS) is 22.8. The molecule has 2 atom stereocenters. The fraction of sp³-hybridized carbons (Fsp3) is 0.765. The molecule has 0 amide bonds. The fourth-order valence-corrected chi connectivity index (χ4v) is 5.67. The monoisotopic (exact) mass is 389 g/mol. The minimum Gasteiger partial charge on any atom is -0.373 e. The zero-order chi connectivity index (χ0) is 18.4. The molecule has 8 heteroatoms. The van der Waals surface area contributed by atoms with Crippen LogP contribution in [0.25, 0.3) is 0 Å². The molecule has 2 heterocycles. The van der Waals surface area contributed by atoms with Crippen molar-refractivity contribution in [1.82, 2.24) is 13.5 Å². The van der Waals surface area contributed by atoms with Gasteiger partial charge in [0, 0.05) is 37.6 Å². The molecule has 25 heavy (non-hydrogen) atoms. The largest absolute Gasteiger partial charge is 0.373 e. The number of thiophene rings is 1. The van der Waals surface area contributed by atoms with E-state index < -0.39 is 10.2 Å².